The van der Waals surface area contributed by atoms with Gasteiger partial charge in [0.1, 0.15) is 0 Å². The molecule has 0 radical (unpaired) electrons. The molecule has 0 fully saturated rings. The van der Waals surface area contributed by atoms with Gasteiger partial charge in [0.15, 0.2) is 0 Å². The van der Waals surface area contributed by atoms with Crippen LogP contribution >= 0.6 is 38.7 Å². The van der Waals surface area contributed by atoms with Crippen LogP contribution in [-0.4, -0.2) is 0 Å². The Kier molecular flexibility index (Phi) is 3.44. The number of benzene rings is 1. The quantitative estimate of drug-likeness (QED) is 0.585. The fourth-order valence-electron chi connectivity index (χ4n) is 0.833. The lowest BCUT2D eigenvalue weighted by molar-refractivity contribution is -0.136. The molecule has 13 heavy (non-hydrogen) atoms. The van der Waals surface area contributed by atoms with Gasteiger partial charge in [0.05, 0.1) is 11.3 Å². The zero-order chi connectivity index (χ0) is 10.1. The average molecular weight is 366 g/mol. The van der Waals surface area contributed by atoms with Gasteiger partial charge in [-0.2, -0.15) is 13.2 Å². The Balaban J connectivity index is 3.24. The maximum absolute atomic E-state index is 12.4. The molecule has 1 nitrogen and oxygen atoms in total. The van der Waals surface area contributed by atoms with Crippen LogP contribution < -0.4 is 4.34 Å². The molecule has 0 spiro atoms. The first-order chi connectivity index (χ1) is 5.95. The Labute approximate surface area is 95.2 Å². The first-order valence-corrected chi connectivity index (χ1v) is 5.05. The number of hydrogen-bond acceptors (Lipinski definition) is 1. The molecule has 1 N–H and O–H groups in total. The molecule has 0 saturated carbocycles. The van der Waals surface area contributed by atoms with Gasteiger partial charge in [-0.1, -0.05) is 0 Å². The molecule has 0 bridgehead atoms. The summed E-state index contributed by atoms with van der Waals surface area (Å²) in [7, 11) is 0. The lowest BCUT2D eigenvalue weighted by Crippen LogP contribution is -2.07. The highest BCUT2D eigenvalue weighted by atomic mass is 127. The summed E-state index contributed by atoms with van der Waals surface area (Å²) in [5.41, 5.74) is -0.649. The highest BCUT2D eigenvalue weighted by molar-refractivity contribution is 14.1. The Morgan fingerprint density at radius 1 is 1.31 bits per heavy atom. The van der Waals surface area contributed by atoms with Crippen LogP contribution in [0.4, 0.5) is 18.9 Å². The van der Waals surface area contributed by atoms with Crippen LogP contribution in [0.15, 0.2) is 18.2 Å². The Hall–Kier alpha value is 0.0200. The summed E-state index contributed by atoms with van der Waals surface area (Å²) < 4.78 is 39.9. The summed E-state index contributed by atoms with van der Waals surface area (Å²) in [5.74, 6) is 0. The monoisotopic (exact) mass is 365 g/mol. The largest absolute Gasteiger partial charge is 0.418 e. The van der Waals surface area contributed by atoms with Crippen LogP contribution in [0.3, 0.4) is 0 Å². The molecule has 0 atom stereocenters. The lowest BCUT2D eigenvalue weighted by atomic mass is 10.2. The van der Waals surface area contributed by atoms with E-state index in [1.165, 1.54) is 6.07 Å². The topological polar surface area (TPSA) is 12.0 Å². The van der Waals surface area contributed by atoms with Crippen LogP contribution in [-0.2, 0) is 6.18 Å². The van der Waals surface area contributed by atoms with Crippen LogP contribution in [0.5, 0.6) is 0 Å². The average Bonchev–Trinajstić information content (AvgIpc) is 2.03. The smallest absolute Gasteiger partial charge is 0.322 e. The van der Waals surface area contributed by atoms with Crippen molar-refractivity contribution in [2.24, 2.45) is 0 Å². The maximum atomic E-state index is 12.4. The minimum atomic E-state index is -4.32. The van der Waals surface area contributed by atoms with Crippen LogP contribution in [0, 0.1) is 3.57 Å². The van der Waals surface area contributed by atoms with Crippen molar-refractivity contribution in [1.82, 2.24) is 0 Å². The molecule has 0 aliphatic carbocycles. The van der Waals surface area contributed by atoms with Crippen LogP contribution in [0.2, 0.25) is 0 Å². The predicted molar refractivity (Wildman–Crippen MR) is 56.7 cm³/mol. The maximum Gasteiger partial charge on any atom is 0.418 e. The summed E-state index contributed by atoms with van der Waals surface area (Å²) >= 11 is 4.61. The molecule has 0 saturated heterocycles. The van der Waals surface area contributed by atoms with Gasteiger partial charge in [-0.3, -0.25) is 0 Å². The predicted octanol–water partition coefficient (Wildman–Crippen LogP) is 4.03. The lowest BCUT2D eigenvalue weighted by Gasteiger charge is -2.11. The van der Waals surface area contributed by atoms with E-state index in [-0.39, 0.29) is 5.69 Å². The van der Waals surface area contributed by atoms with Crippen molar-refractivity contribution < 1.29 is 13.2 Å². The molecular formula is C7H4BrF3IN. The highest BCUT2D eigenvalue weighted by Crippen LogP contribution is 2.36. The highest BCUT2D eigenvalue weighted by Gasteiger charge is 2.33. The third-order valence-corrected chi connectivity index (χ3v) is 2.49. The number of nitrogens with one attached hydrogen (secondary N) is 1. The molecular weight excluding hydrogens is 362 g/mol. The molecule has 6 heteroatoms. The molecule has 0 amide bonds. The molecule has 0 aliphatic heterocycles. The van der Waals surface area contributed by atoms with Gasteiger partial charge in [0, 0.05) is 19.7 Å². The van der Waals surface area contributed by atoms with Crippen molar-refractivity contribution in [1.29, 1.82) is 0 Å². The number of halogens is 5. The molecule has 72 valence electrons. The Morgan fingerprint density at radius 2 is 1.92 bits per heavy atom. The summed E-state index contributed by atoms with van der Waals surface area (Å²) in [5, 5.41) is 0. The van der Waals surface area contributed by atoms with Crippen molar-refractivity contribution in [3.05, 3.63) is 27.3 Å². The van der Waals surface area contributed by atoms with Crippen molar-refractivity contribution in [3.8, 4) is 0 Å². The summed E-state index contributed by atoms with van der Waals surface area (Å²) in [4.78, 5) is 0. The molecule has 0 aliphatic rings. The van der Waals surface area contributed by atoms with Gasteiger partial charge in [0.25, 0.3) is 0 Å². The van der Waals surface area contributed by atoms with Crippen LogP contribution in [0.1, 0.15) is 5.56 Å². The van der Waals surface area contributed by atoms with Gasteiger partial charge in [0.2, 0.25) is 0 Å². The van der Waals surface area contributed by atoms with E-state index >= 15 is 0 Å². The summed E-state index contributed by atoms with van der Waals surface area (Å²) in [6, 6.07) is 4.06. The molecule has 0 aromatic heterocycles. The molecule has 1 aromatic rings. The zero-order valence-electron chi connectivity index (χ0n) is 6.12. The normalized spacial score (nSPS) is 11.5. The van der Waals surface area contributed by atoms with E-state index in [9.17, 15) is 13.2 Å². The second-order valence-corrected chi connectivity index (χ2v) is 3.92. The van der Waals surface area contributed by atoms with Crippen molar-refractivity contribution in [3.63, 3.8) is 0 Å². The Bertz CT molecular complexity index is 313. The van der Waals surface area contributed by atoms with E-state index < -0.39 is 11.7 Å². The third-order valence-electron chi connectivity index (χ3n) is 1.39. The molecule has 0 heterocycles. The van der Waals surface area contributed by atoms with Gasteiger partial charge < -0.3 is 4.34 Å². The van der Waals surface area contributed by atoms with Crippen molar-refractivity contribution in [2.45, 2.75) is 6.18 Å². The second-order valence-electron chi connectivity index (χ2n) is 2.28. The van der Waals surface area contributed by atoms with Gasteiger partial charge in [-0.05, 0) is 40.8 Å². The minimum Gasteiger partial charge on any atom is -0.322 e. The third kappa shape index (κ3) is 2.73. The fourth-order valence-corrected chi connectivity index (χ4v) is 1.67. The fraction of sp³-hybridized carbons (Fsp3) is 0.143. The van der Waals surface area contributed by atoms with Gasteiger partial charge in [-0.15, -0.1) is 0 Å². The van der Waals surface area contributed by atoms with Gasteiger partial charge in [-0.25, -0.2) is 0 Å². The number of hydrogen-bond donors (Lipinski definition) is 1. The van der Waals surface area contributed by atoms with E-state index in [1.54, 1.807) is 6.07 Å². The molecule has 1 rings (SSSR count). The zero-order valence-corrected chi connectivity index (χ0v) is 9.87. The SMILES string of the molecule is FC(F)(F)c1cc(I)ccc1NBr. The van der Waals surface area contributed by atoms with E-state index in [1.807, 2.05) is 22.6 Å². The summed E-state index contributed by atoms with van der Waals surface area (Å²) in [6.07, 6.45) is -4.32. The minimum absolute atomic E-state index is 0.0212. The van der Waals surface area contributed by atoms with Crippen molar-refractivity contribution >= 4 is 44.4 Å². The first kappa shape index (κ1) is 11.1. The molecule has 0 unspecified atom stereocenters. The van der Waals surface area contributed by atoms with E-state index in [4.69, 9.17) is 0 Å². The molecule has 1 aromatic carbocycles. The van der Waals surface area contributed by atoms with Crippen LogP contribution in [0.25, 0.3) is 0 Å². The standard InChI is InChI=1S/C7H4BrF3IN/c8-13-6-2-1-4(12)3-5(6)7(9,10)11/h1-3,13H. The Morgan fingerprint density at radius 3 is 2.38 bits per heavy atom. The van der Waals surface area contributed by atoms with Gasteiger partial charge >= 0.3 is 6.18 Å². The number of rotatable bonds is 1. The number of alkyl halides is 3. The van der Waals surface area contributed by atoms with E-state index in [0.29, 0.717) is 3.57 Å². The summed E-state index contributed by atoms with van der Waals surface area (Å²) in [6.45, 7) is 0. The van der Waals surface area contributed by atoms with Crippen molar-refractivity contribution in [2.75, 3.05) is 4.34 Å². The second kappa shape index (κ2) is 4.04. The first-order valence-electron chi connectivity index (χ1n) is 3.18. The van der Waals surface area contributed by atoms with E-state index in [0.717, 1.165) is 6.07 Å². The number of anilines is 1. The van der Waals surface area contributed by atoms with E-state index in [2.05, 4.69) is 20.5 Å².